The lowest BCUT2D eigenvalue weighted by Crippen LogP contribution is -2.32. The fourth-order valence-corrected chi connectivity index (χ4v) is 6.57. The van der Waals surface area contributed by atoms with Gasteiger partial charge in [-0.05, 0) is 73.9 Å². The molecule has 0 radical (unpaired) electrons. The fraction of sp³-hybridized carbons (Fsp3) is 0.343. The Bertz CT molecular complexity index is 1650. The molecule has 8 nitrogen and oxygen atoms in total. The molecule has 1 fully saturated rings. The van der Waals surface area contributed by atoms with E-state index in [-0.39, 0.29) is 12.1 Å². The van der Waals surface area contributed by atoms with Gasteiger partial charge in [0.15, 0.2) is 11.5 Å². The number of benzene rings is 3. The summed E-state index contributed by atoms with van der Waals surface area (Å²) < 4.78 is 19.9. The summed E-state index contributed by atoms with van der Waals surface area (Å²) in [6, 6.07) is 23.6. The summed E-state index contributed by atoms with van der Waals surface area (Å²) in [6.45, 7) is 4.39. The molecule has 2 aliphatic rings. The largest absolute Gasteiger partial charge is 0.493 e. The second-order valence-corrected chi connectivity index (χ2v) is 12.2. The van der Waals surface area contributed by atoms with Crippen LogP contribution in [0.2, 0.25) is 0 Å². The summed E-state index contributed by atoms with van der Waals surface area (Å²) in [5.74, 6) is 2.19. The van der Waals surface area contributed by atoms with Crippen LogP contribution in [0.25, 0.3) is 0 Å². The summed E-state index contributed by atoms with van der Waals surface area (Å²) in [4.78, 5) is 18.7. The van der Waals surface area contributed by atoms with Crippen molar-refractivity contribution in [1.82, 2.24) is 14.8 Å². The topological polar surface area (TPSA) is 87.5 Å². The third-order valence-electron chi connectivity index (χ3n) is 8.24. The summed E-state index contributed by atoms with van der Waals surface area (Å²) in [5, 5.41) is 8.85. The molecule has 0 spiro atoms. The van der Waals surface area contributed by atoms with E-state index in [1.165, 1.54) is 17.5 Å². The van der Waals surface area contributed by atoms with Crippen LogP contribution in [-0.4, -0.2) is 33.9 Å². The van der Waals surface area contributed by atoms with Crippen LogP contribution < -0.4 is 14.8 Å². The monoisotopic (exact) mass is 610 g/mol. The smallest absolute Gasteiger partial charge is 0.338 e. The van der Waals surface area contributed by atoms with Gasteiger partial charge in [0, 0.05) is 11.4 Å². The zero-order valence-electron chi connectivity index (χ0n) is 25.4. The number of nitrogens with one attached hydrogen (secondary N) is 1. The van der Waals surface area contributed by atoms with Crippen LogP contribution >= 0.6 is 11.8 Å². The molecule has 1 aromatic heterocycles. The van der Waals surface area contributed by atoms with E-state index >= 15 is 0 Å². The third kappa shape index (κ3) is 6.63. The number of carbonyl (C=O) groups is 1. The molecule has 1 unspecified atom stereocenters. The van der Waals surface area contributed by atoms with Crippen LogP contribution in [0.1, 0.15) is 67.3 Å². The number of anilines is 1. The zero-order valence-corrected chi connectivity index (χ0v) is 26.2. The molecule has 4 aromatic rings. The van der Waals surface area contributed by atoms with E-state index in [2.05, 4.69) is 36.5 Å². The second kappa shape index (κ2) is 13.6. The standard InChI is InChI=1S/C35H38N4O4S/c1-23-12-10-11-15-27(23)21-42-29-19-18-26(20-30(29)41-3)32-31(33(40)43-28-16-8-5-9-17-28)24(2)36-34-37-35(38-39(32)34)44-22-25-13-6-4-7-14-25/h4,6-7,10-15,18-20,28,32H,5,8-9,16-17,21-22H2,1-3H3,(H,36,37,38). The predicted octanol–water partition coefficient (Wildman–Crippen LogP) is 7.63. The molecule has 1 atom stereocenters. The number of hydrogen-bond donors (Lipinski definition) is 1. The van der Waals surface area contributed by atoms with Crippen LogP contribution in [0, 0.1) is 6.92 Å². The summed E-state index contributed by atoms with van der Waals surface area (Å²) >= 11 is 1.56. The van der Waals surface area contributed by atoms with Crippen molar-refractivity contribution in [3.63, 3.8) is 0 Å². The maximum Gasteiger partial charge on any atom is 0.338 e. The van der Waals surface area contributed by atoms with E-state index < -0.39 is 6.04 Å². The summed E-state index contributed by atoms with van der Waals surface area (Å²) in [7, 11) is 1.63. The number of methoxy groups -OCH3 is 1. The number of fused-ring (bicyclic) bond motifs is 1. The maximum atomic E-state index is 13.9. The normalized spacial score (nSPS) is 16.7. The molecule has 0 amide bonds. The average Bonchev–Trinajstić information content (AvgIpc) is 3.46. The first kappa shape index (κ1) is 29.8. The number of thioether (sulfide) groups is 1. The Morgan fingerprint density at radius 2 is 1.75 bits per heavy atom. The zero-order chi connectivity index (χ0) is 30.5. The number of carbonyl (C=O) groups excluding carboxylic acids is 1. The van der Waals surface area contributed by atoms with Crippen molar-refractivity contribution in [1.29, 1.82) is 0 Å². The van der Waals surface area contributed by atoms with Gasteiger partial charge >= 0.3 is 5.97 Å². The van der Waals surface area contributed by atoms with Gasteiger partial charge in [0.05, 0.1) is 12.7 Å². The van der Waals surface area contributed by atoms with E-state index in [1.807, 2.05) is 55.5 Å². The Balaban J connectivity index is 1.32. The summed E-state index contributed by atoms with van der Waals surface area (Å²) in [5.41, 5.74) is 5.51. The van der Waals surface area contributed by atoms with E-state index in [1.54, 1.807) is 23.6 Å². The van der Waals surface area contributed by atoms with Crippen molar-refractivity contribution in [2.45, 2.75) is 75.6 Å². The maximum absolute atomic E-state index is 13.9. The summed E-state index contributed by atoms with van der Waals surface area (Å²) in [6.07, 6.45) is 5.06. The molecular weight excluding hydrogens is 572 g/mol. The fourth-order valence-electron chi connectivity index (χ4n) is 5.79. The van der Waals surface area contributed by atoms with Crippen molar-refractivity contribution in [3.8, 4) is 11.5 Å². The number of esters is 1. The van der Waals surface area contributed by atoms with E-state index in [0.717, 1.165) is 42.6 Å². The number of allylic oxidation sites excluding steroid dienone is 1. The highest BCUT2D eigenvalue weighted by atomic mass is 32.2. The van der Waals surface area contributed by atoms with E-state index in [4.69, 9.17) is 24.3 Å². The lowest BCUT2D eigenvalue weighted by Gasteiger charge is -2.30. The number of ether oxygens (including phenoxy) is 3. The molecule has 6 rings (SSSR count). The first-order valence-corrected chi connectivity index (χ1v) is 16.2. The minimum Gasteiger partial charge on any atom is -0.493 e. The van der Waals surface area contributed by atoms with Crippen molar-refractivity contribution < 1.29 is 19.0 Å². The van der Waals surface area contributed by atoms with Crippen molar-refractivity contribution >= 4 is 23.7 Å². The van der Waals surface area contributed by atoms with Gasteiger partial charge < -0.3 is 19.5 Å². The van der Waals surface area contributed by atoms with E-state index in [0.29, 0.717) is 40.5 Å². The van der Waals surface area contributed by atoms with Crippen LogP contribution in [0.5, 0.6) is 11.5 Å². The molecule has 0 saturated heterocycles. The van der Waals surface area contributed by atoms with Gasteiger partial charge in [0.1, 0.15) is 18.8 Å². The molecule has 3 aromatic carbocycles. The van der Waals surface area contributed by atoms with Gasteiger partial charge in [-0.25, -0.2) is 9.48 Å². The quantitative estimate of drug-likeness (QED) is 0.145. The van der Waals surface area contributed by atoms with Gasteiger partial charge in [-0.3, -0.25) is 0 Å². The van der Waals surface area contributed by atoms with Crippen LogP contribution in [0.4, 0.5) is 5.95 Å². The molecule has 1 aliphatic carbocycles. The second-order valence-electron chi connectivity index (χ2n) is 11.3. The predicted molar refractivity (Wildman–Crippen MR) is 172 cm³/mol. The number of rotatable bonds is 10. The molecule has 0 bridgehead atoms. The minimum absolute atomic E-state index is 0.0712. The molecule has 1 N–H and O–H groups in total. The first-order valence-electron chi connectivity index (χ1n) is 15.2. The highest BCUT2D eigenvalue weighted by Crippen LogP contribution is 2.40. The Kier molecular flexibility index (Phi) is 9.21. The molecular formula is C35H38N4O4S. The van der Waals surface area contributed by atoms with Crippen LogP contribution in [0.3, 0.4) is 0 Å². The first-order chi connectivity index (χ1) is 21.5. The average molecular weight is 611 g/mol. The number of aromatic nitrogens is 3. The van der Waals surface area contributed by atoms with Crippen LogP contribution in [-0.2, 0) is 21.9 Å². The molecule has 228 valence electrons. The minimum atomic E-state index is -0.555. The van der Waals surface area contributed by atoms with Gasteiger partial charge in [0.2, 0.25) is 11.1 Å². The van der Waals surface area contributed by atoms with Crippen molar-refractivity contribution in [2.75, 3.05) is 12.4 Å². The molecule has 9 heteroatoms. The van der Waals surface area contributed by atoms with Gasteiger partial charge in [0.25, 0.3) is 0 Å². The Labute approximate surface area is 262 Å². The van der Waals surface area contributed by atoms with Crippen LogP contribution in [0.15, 0.2) is 89.2 Å². The third-order valence-corrected chi connectivity index (χ3v) is 9.15. The Morgan fingerprint density at radius 1 is 0.977 bits per heavy atom. The number of hydrogen-bond acceptors (Lipinski definition) is 8. The van der Waals surface area contributed by atoms with Gasteiger partial charge in [-0.15, -0.1) is 5.10 Å². The lowest BCUT2D eigenvalue weighted by molar-refractivity contribution is -0.146. The molecule has 1 saturated carbocycles. The highest BCUT2D eigenvalue weighted by molar-refractivity contribution is 7.98. The molecule has 2 heterocycles. The van der Waals surface area contributed by atoms with Crippen molar-refractivity contribution in [3.05, 3.63) is 106 Å². The Hall–Kier alpha value is -4.24. The SMILES string of the molecule is COc1cc(C2C(C(=O)OC3CCCCC3)=C(C)Nc3nc(SCc4ccccc4)nn32)ccc1OCc1ccccc1C. The number of nitrogens with zero attached hydrogens (tertiary/aromatic N) is 3. The highest BCUT2D eigenvalue weighted by Gasteiger charge is 2.37. The molecule has 1 aliphatic heterocycles. The lowest BCUT2D eigenvalue weighted by atomic mass is 9.94. The van der Waals surface area contributed by atoms with E-state index in [9.17, 15) is 4.79 Å². The van der Waals surface area contributed by atoms with Gasteiger partial charge in [-0.1, -0.05) is 78.8 Å². The van der Waals surface area contributed by atoms with Gasteiger partial charge in [-0.2, -0.15) is 4.98 Å². The van der Waals surface area contributed by atoms with Crippen molar-refractivity contribution in [2.24, 2.45) is 0 Å². The number of aryl methyl sites for hydroxylation is 1. The molecule has 44 heavy (non-hydrogen) atoms. The Morgan fingerprint density at radius 3 is 2.52 bits per heavy atom.